The average Bonchev–Trinajstić information content (AvgIpc) is 3.04. The van der Waals surface area contributed by atoms with E-state index in [4.69, 9.17) is 0 Å². The molecule has 0 saturated heterocycles. The lowest BCUT2D eigenvalue weighted by Crippen LogP contribution is -2.31. The minimum Gasteiger partial charge on any atom is -0.325 e. The van der Waals surface area contributed by atoms with Gasteiger partial charge in [-0.2, -0.15) is 0 Å². The maximum absolute atomic E-state index is 12.4. The van der Waals surface area contributed by atoms with Crippen LogP contribution in [0.15, 0.2) is 75.1 Å². The second kappa shape index (κ2) is 7.90. The average molecular weight is 392 g/mol. The van der Waals surface area contributed by atoms with Gasteiger partial charge in [0.25, 0.3) is 5.56 Å². The molecule has 7 heteroatoms. The summed E-state index contributed by atoms with van der Waals surface area (Å²) in [5.41, 5.74) is 0.991. The first-order valence-corrected chi connectivity index (χ1v) is 10.0. The van der Waals surface area contributed by atoms with Crippen molar-refractivity contribution in [3.63, 3.8) is 0 Å². The lowest BCUT2D eigenvalue weighted by atomic mass is 10.2. The van der Waals surface area contributed by atoms with Gasteiger partial charge in [-0.05, 0) is 17.7 Å². The fourth-order valence-electron chi connectivity index (χ4n) is 3.20. The molecule has 0 saturated carbocycles. The highest BCUT2D eigenvalue weighted by Gasteiger charge is 2.16. The maximum Gasteiger partial charge on any atom is 0.330 e. The smallest absolute Gasteiger partial charge is 0.325 e. The molecule has 6 nitrogen and oxygen atoms in total. The lowest BCUT2D eigenvalue weighted by molar-refractivity contribution is 0.747. The molecule has 1 N–H and O–H groups in total. The third-order valence-corrected chi connectivity index (χ3v) is 5.64. The van der Waals surface area contributed by atoms with Gasteiger partial charge in [-0.1, -0.05) is 48.5 Å². The zero-order chi connectivity index (χ0) is 19.5. The first-order valence-electron chi connectivity index (χ1n) is 9.03. The lowest BCUT2D eigenvalue weighted by Gasteiger charge is -2.06. The molecular formula is C21H20N4O2S. The molecule has 28 heavy (non-hydrogen) atoms. The van der Waals surface area contributed by atoms with Crippen molar-refractivity contribution >= 4 is 22.9 Å². The molecule has 0 aliphatic carbocycles. The number of aromatic nitrogens is 4. The summed E-state index contributed by atoms with van der Waals surface area (Å²) < 4.78 is 3.32. The molecule has 2 aromatic carbocycles. The number of benzene rings is 2. The van der Waals surface area contributed by atoms with Crippen molar-refractivity contribution in [1.29, 1.82) is 0 Å². The van der Waals surface area contributed by atoms with E-state index in [-0.39, 0.29) is 0 Å². The predicted molar refractivity (Wildman–Crippen MR) is 112 cm³/mol. The van der Waals surface area contributed by atoms with Gasteiger partial charge in [0, 0.05) is 24.1 Å². The highest BCUT2D eigenvalue weighted by atomic mass is 32.2. The molecule has 0 spiro atoms. The summed E-state index contributed by atoms with van der Waals surface area (Å²) in [4.78, 5) is 33.1. The SMILES string of the molecule is Cn1c(CCSc2ccccc2)nc2c1c(=O)[nH]c(=O)n2Cc1ccccc1. The Morgan fingerprint density at radius 2 is 1.68 bits per heavy atom. The summed E-state index contributed by atoms with van der Waals surface area (Å²) in [6.07, 6.45) is 0.698. The van der Waals surface area contributed by atoms with E-state index in [2.05, 4.69) is 22.1 Å². The number of nitrogens with one attached hydrogen (secondary N) is 1. The topological polar surface area (TPSA) is 72.7 Å². The van der Waals surface area contributed by atoms with Crippen molar-refractivity contribution in [3.8, 4) is 0 Å². The van der Waals surface area contributed by atoms with Crippen LogP contribution in [0.5, 0.6) is 0 Å². The Bertz CT molecular complexity index is 1210. The molecular weight excluding hydrogens is 372 g/mol. The summed E-state index contributed by atoms with van der Waals surface area (Å²) >= 11 is 1.74. The summed E-state index contributed by atoms with van der Waals surface area (Å²) in [6, 6.07) is 19.8. The van der Waals surface area contributed by atoms with Crippen molar-refractivity contribution in [2.75, 3.05) is 5.75 Å². The molecule has 2 aromatic heterocycles. The Morgan fingerprint density at radius 3 is 2.39 bits per heavy atom. The minimum atomic E-state index is -0.440. The van der Waals surface area contributed by atoms with E-state index < -0.39 is 11.2 Å². The van der Waals surface area contributed by atoms with Crippen molar-refractivity contribution < 1.29 is 0 Å². The molecule has 2 heterocycles. The normalized spacial score (nSPS) is 11.2. The van der Waals surface area contributed by atoms with E-state index >= 15 is 0 Å². The molecule has 4 rings (SSSR count). The molecule has 0 fully saturated rings. The first kappa shape index (κ1) is 18.3. The highest BCUT2D eigenvalue weighted by Crippen LogP contribution is 2.19. The Morgan fingerprint density at radius 1 is 1.00 bits per heavy atom. The van der Waals surface area contributed by atoms with Gasteiger partial charge in [0.2, 0.25) is 0 Å². The number of nitrogens with zero attached hydrogens (tertiary/aromatic N) is 3. The first-order chi connectivity index (χ1) is 13.6. The van der Waals surface area contributed by atoms with Crippen LogP contribution in [0.1, 0.15) is 11.4 Å². The van der Waals surface area contributed by atoms with Crippen LogP contribution in [0.3, 0.4) is 0 Å². The molecule has 0 aliphatic heterocycles. The molecule has 4 aromatic rings. The number of H-pyrrole nitrogens is 1. The Balaban J connectivity index is 1.67. The number of imidazole rings is 1. The van der Waals surface area contributed by atoms with Crippen LogP contribution in [-0.4, -0.2) is 24.9 Å². The van der Waals surface area contributed by atoms with Gasteiger partial charge in [0.1, 0.15) is 5.82 Å². The number of thioether (sulfide) groups is 1. The number of hydrogen-bond donors (Lipinski definition) is 1. The number of rotatable bonds is 6. The van der Waals surface area contributed by atoms with Crippen LogP contribution < -0.4 is 11.2 Å². The van der Waals surface area contributed by atoms with Crippen LogP contribution in [0, 0.1) is 0 Å². The van der Waals surface area contributed by atoms with E-state index in [1.165, 1.54) is 9.46 Å². The minimum absolute atomic E-state index is 0.363. The number of aromatic amines is 1. The highest BCUT2D eigenvalue weighted by molar-refractivity contribution is 7.99. The van der Waals surface area contributed by atoms with Gasteiger partial charge >= 0.3 is 5.69 Å². The second-order valence-corrected chi connectivity index (χ2v) is 7.67. The van der Waals surface area contributed by atoms with Crippen LogP contribution in [0.2, 0.25) is 0 Å². The van der Waals surface area contributed by atoms with E-state index in [9.17, 15) is 9.59 Å². The fraction of sp³-hybridized carbons (Fsp3) is 0.190. The maximum atomic E-state index is 12.4. The summed E-state index contributed by atoms with van der Waals surface area (Å²) in [7, 11) is 1.82. The van der Waals surface area contributed by atoms with Crippen LogP contribution in [0.25, 0.3) is 11.2 Å². The Labute approximate surface area is 165 Å². The van der Waals surface area contributed by atoms with Gasteiger partial charge in [-0.15, -0.1) is 11.8 Å². The zero-order valence-corrected chi connectivity index (χ0v) is 16.3. The van der Waals surface area contributed by atoms with E-state index in [1.54, 1.807) is 16.3 Å². The van der Waals surface area contributed by atoms with Crippen molar-refractivity contribution in [2.24, 2.45) is 7.05 Å². The van der Waals surface area contributed by atoms with Crippen molar-refractivity contribution in [2.45, 2.75) is 17.9 Å². The standard InChI is InChI=1S/C21H20N4O2S/c1-24-17(12-13-28-16-10-6-3-7-11-16)22-19-18(24)20(26)23-21(27)25(19)14-15-8-4-2-5-9-15/h2-11H,12-14H2,1H3,(H,23,26,27). The number of aryl methyl sites for hydroxylation is 2. The molecule has 0 atom stereocenters. The van der Waals surface area contributed by atoms with Gasteiger partial charge in [-0.25, -0.2) is 9.78 Å². The third-order valence-electron chi connectivity index (χ3n) is 4.63. The molecule has 142 valence electrons. The van der Waals surface area contributed by atoms with Crippen LogP contribution >= 0.6 is 11.8 Å². The quantitative estimate of drug-likeness (QED) is 0.512. The summed E-state index contributed by atoms with van der Waals surface area (Å²) in [5, 5.41) is 0. The van der Waals surface area contributed by atoms with Gasteiger partial charge in [0.05, 0.1) is 6.54 Å². The predicted octanol–water partition coefficient (Wildman–Crippen LogP) is 2.81. The molecule has 0 aliphatic rings. The number of fused-ring (bicyclic) bond motifs is 1. The third kappa shape index (κ3) is 3.66. The van der Waals surface area contributed by atoms with Crippen LogP contribution in [-0.2, 0) is 20.0 Å². The van der Waals surface area contributed by atoms with Crippen LogP contribution in [0.4, 0.5) is 0 Å². The summed E-state index contributed by atoms with van der Waals surface area (Å²) in [6.45, 7) is 0.363. The number of hydrogen-bond acceptors (Lipinski definition) is 4. The van der Waals surface area contributed by atoms with Gasteiger partial charge in [0.15, 0.2) is 11.2 Å². The Kier molecular flexibility index (Phi) is 5.16. The fourth-order valence-corrected chi connectivity index (χ4v) is 4.07. The van der Waals surface area contributed by atoms with Gasteiger partial charge < -0.3 is 4.57 Å². The van der Waals surface area contributed by atoms with Gasteiger partial charge in [-0.3, -0.25) is 14.3 Å². The van der Waals surface area contributed by atoms with E-state index in [1.807, 2.05) is 55.6 Å². The largest absolute Gasteiger partial charge is 0.330 e. The van der Waals surface area contributed by atoms with E-state index in [0.717, 1.165) is 17.1 Å². The molecule has 0 radical (unpaired) electrons. The zero-order valence-electron chi connectivity index (χ0n) is 15.5. The molecule has 0 bridgehead atoms. The Hall–Kier alpha value is -3.06. The monoisotopic (exact) mass is 392 g/mol. The van der Waals surface area contributed by atoms with Crippen molar-refractivity contribution in [3.05, 3.63) is 92.9 Å². The van der Waals surface area contributed by atoms with Crippen molar-refractivity contribution in [1.82, 2.24) is 19.1 Å². The second-order valence-electron chi connectivity index (χ2n) is 6.50. The molecule has 0 amide bonds. The van der Waals surface area contributed by atoms with E-state index in [0.29, 0.717) is 24.1 Å². The summed E-state index contributed by atoms with van der Waals surface area (Å²) in [5.74, 6) is 1.62. The molecule has 0 unspecified atom stereocenters.